The molecule has 0 spiro atoms. The molecule has 0 aliphatic rings. The molecule has 1 N–H and O–H groups in total. The van der Waals surface area contributed by atoms with Crippen LogP contribution in [0.3, 0.4) is 0 Å². The minimum absolute atomic E-state index is 0.248. The first-order valence-corrected chi connectivity index (χ1v) is 5.36. The minimum Gasteiger partial charge on any atom is -0.493 e. The van der Waals surface area contributed by atoms with Crippen LogP contribution in [0.4, 0.5) is 4.39 Å². The molecule has 0 aliphatic carbocycles. The zero-order valence-electron chi connectivity index (χ0n) is 9.13. The van der Waals surface area contributed by atoms with Crippen LogP contribution in [0, 0.1) is 5.82 Å². The summed E-state index contributed by atoms with van der Waals surface area (Å²) in [5.41, 5.74) is 0. The smallest absolute Gasteiger partial charge is 0.126 e. The van der Waals surface area contributed by atoms with Gasteiger partial charge >= 0.3 is 0 Å². The van der Waals surface area contributed by atoms with Crippen LogP contribution < -0.4 is 10.1 Å². The molecule has 2 nitrogen and oxygen atoms in total. The molecule has 0 amide bonds. The first-order valence-electron chi connectivity index (χ1n) is 5.36. The summed E-state index contributed by atoms with van der Waals surface area (Å²) in [6, 6.07) is 6.26. The van der Waals surface area contributed by atoms with Crippen molar-refractivity contribution in [2.45, 2.75) is 19.3 Å². The van der Waals surface area contributed by atoms with Crippen LogP contribution in [-0.2, 0) is 0 Å². The fourth-order valence-corrected chi connectivity index (χ4v) is 1.33. The molecule has 0 atom stereocenters. The van der Waals surface area contributed by atoms with Crippen molar-refractivity contribution in [1.29, 1.82) is 0 Å². The van der Waals surface area contributed by atoms with Gasteiger partial charge in [0, 0.05) is 6.07 Å². The Labute approximate surface area is 90.4 Å². The predicted molar refractivity (Wildman–Crippen MR) is 59.7 cm³/mol. The molecule has 1 aromatic rings. The Bertz CT molecular complexity index is 278. The summed E-state index contributed by atoms with van der Waals surface area (Å²) in [4.78, 5) is 0. The summed E-state index contributed by atoms with van der Waals surface area (Å²) >= 11 is 0. The molecule has 84 valence electrons. The Hall–Kier alpha value is -1.09. The van der Waals surface area contributed by atoms with Crippen molar-refractivity contribution in [3.8, 4) is 5.75 Å². The Balaban J connectivity index is 2.10. The number of benzene rings is 1. The van der Waals surface area contributed by atoms with E-state index in [4.69, 9.17) is 4.74 Å². The first kappa shape index (κ1) is 12.0. The van der Waals surface area contributed by atoms with E-state index < -0.39 is 0 Å². The summed E-state index contributed by atoms with van der Waals surface area (Å²) in [6.07, 6.45) is 3.30. The average molecular weight is 211 g/mol. The highest BCUT2D eigenvalue weighted by Crippen LogP contribution is 2.12. The average Bonchev–Trinajstić information content (AvgIpc) is 2.23. The summed E-state index contributed by atoms with van der Waals surface area (Å²) in [5.74, 6) is 0.367. The maximum absolute atomic E-state index is 12.8. The van der Waals surface area contributed by atoms with Gasteiger partial charge in [-0.05, 0) is 45.0 Å². The number of unbranched alkanes of at least 4 members (excludes halogenated alkanes) is 2. The number of rotatable bonds is 7. The van der Waals surface area contributed by atoms with Crippen molar-refractivity contribution in [2.24, 2.45) is 0 Å². The molecule has 3 heteroatoms. The van der Waals surface area contributed by atoms with E-state index in [1.165, 1.54) is 12.1 Å². The summed E-state index contributed by atoms with van der Waals surface area (Å²) in [7, 11) is 1.95. The molecular weight excluding hydrogens is 193 g/mol. The molecule has 15 heavy (non-hydrogen) atoms. The highest BCUT2D eigenvalue weighted by atomic mass is 19.1. The fourth-order valence-electron chi connectivity index (χ4n) is 1.33. The van der Waals surface area contributed by atoms with Crippen LogP contribution in [0.15, 0.2) is 24.3 Å². The number of ether oxygens (including phenoxy) is 1. The first-order chi connectivity index (χ1) is 7.33. The van der Waals surface area contributed by atoms with Gasteiger partial charge in [0.1, 0.15) is 11.6 Å². The normalized spacial score (nSPS) is 10.3. The quantitative estimate of drug-likeness (QED) is 0.700. The zero-order valence-corrected chi connectivity index (χ0v) is 9.13. The maximum atomic E-state index is 12.8. The van der Waals surface area contributed by atoms with Gasteiger partial charge in [0.15, 0.2) is 0 Å². The third-order valence-electron chi connectivity index (χ3n) is 2.14. The molecular formula is C12H18FNO. The van der Waals surface area contributed by atoms with Gasteiger partial charge in [0.2, 0.25) is 0 Å². The van der Waals surface area contributed by atoms with E-state index in [9.17, 15) is 4.39 Å². The van der Waals surface area contributed by atoms with Gasteiger partial charge in [-0.15, -0.1) is 0 Å². The molecule has 0 unspecified atom stereocenters. The topological polar surface area (TPSA) is 21.3 Å². The molecule has 0 bridgehead atoms. The van der Waals surface area contributed by atoms with Crippen molar-refractivity contribution in [3.05, 3.63) is 30.1 Å². The molecule has 0 saturated carbocycles. The van der Waals surface area contributed by atoms with Crippen molar-refractivity contribution in [2.75, 3.05) is 20.2 Å². The highest BCUT2D eigenvalue weighted by molar-refractivity contribution is 5.22. The number of halogens is 1. The molecule has 0 fully saturated rings. The molecule has 0 aromatic heterocycles. The molecule has 0 aliphatic heterocycles. The van der Waals surface area contributed by atoms with E-state index in [0.717, 1.165) is 25.8 Å². The van der Waals surface area contributed by atoms with Gasteiger partial charge in [0.25, 0.3) is 0 Å². The van der Waals surface area contributed by atoms with Crippen molar-refractivity contribution in [3.63, 3.8) is 0 Å². The standard InChI is InChI=1S/C12H18FNO/c1-14-8-3-2-4-9-15-12-7-5-6-11(13)10-12/h5-7,10,14H,2-4,8-9H2,1H3. The van der Waals surface area contributed by atoms with Gasteiger partial charge in [-0.3, -0.25) is 0 Å². The largest absolute Gasteiger partial charge is 0.493 e. The van der Waals surface area contributed by atoms with Crippen LogP contribution in [0.1, 0.15) is 19.3 Å². The predicted octanol–water partition coefficient (Wildman–Crippen LogP) is 2.59. The van der Waals surface area contributed by atoms with Gasteiger partial charge in [-0.1, -0.05) is 6.07 Å². The zero-order chi connectivity index (χ0) is 10.9. The number of hydrogen-bond acceptors (Lipinski definition) is 2. The van der Waals surface area contributed by atoms with Crippen molar-refractivity contribution < 1.29 is 9.13 Å². The lowest BCUT2D eigenvalue weighted by atomic mass is 10.2. The summed E-state index contributed by atoms with van der Waals surface area (Å²) in [5, 5.41) is 3.09. The van der Waals surface area contributed by atoms with Crippen molar-refractivity contribution in [1.82, 2.24) is 5.32 Å². The summed E-state index contributed by atoms with van der Waals surface area (Å²) in [6.45, 7) is 1.70. The third-order valence-corrected chi connectivity index (χ3v) is 2.14. The van der Waals surface area contributed by atoms with Crippen LogP contribution >= 0.6 is 0 Å². The Morgan fingerprint density at radius 3 is 2.87 bits per heavy atom. The van der Waals surface area contributed by atoms with Crippen LogP contribution in [0.2, 0.25) is 0 Å². The number of hydrogen-bond donors (Lipinski definition) is 1. The minimum atomic E-state index is -0.248. The lowest BCUT2D eigenvalue weighted by Crippen LogP contribution is -2.07. The second-order valence-corrected chi connectivity index (χ2v) is 3.47. The van der Waals surface area contributed by atoms with Crippen molar-refractivity contribution >= 4 is 0 Å². The monoisotopic (exact) mass is 211 g/mol. The molecule has 0 heterocycles. The Morgan fingerprint density at radius 1 is 1.27 bits per heavy atom. The van der Waals surface area contributed by atoms with E-state index in [1.807, 2.05) is 7.05 Å². The second kappa shape index (κ2) is 7.23. The van der Waals surface area contributed by atoms with Gasteiger partial charge < -0.3 is 10.1 Å². The third kappa shape index (κ3) is 5.37. The lowest BCUT2D eigenvalue weighted by Gasteiger charge is -2.05. The molecule has 0 radical (unpaired) electrons. The second-order valence-electron chi connectivity index (χ2n) is 3.47. The molecule has 1 aromatic carbocycles. The van der Waals surface area contributed by atoms with E-state index in [2.05, 4.69) is 5.32 Å². The maximum Gasteiger partial charge on any atom is 0.126 e. The number of nitrogens with one attached hydrogen (secondary N) is 1. The Morgan fingerprint density at radius 2 is 2.13 bits per heavy atom. The van der Waals surface area contributed by atoms with Crippen LogP contribution in [0.5, 0.6) is 5.75 Å². The SMILES string of the molecule is CNCCCCCOc1cccc(F)c1. The highest BCUT2D eigenvalue weighted by Gasteiger charge is 1.95. The van der Waals surface area contributed by atoms with Gasteiger partial charge in [-0.25, -0.2) is 4.39 Å². The Kier molecular flexibility index (Phi) is 5.78. The lowest BCUT2D eigenvalue weighted by molar-refractivity contribution is 0.303. The molecule has 1 rings (SSSR count). The molecule has 0 saturated heterocycles. The van der Waals surface area contributed by atoms with E-state index in [1.54, 1.807) is 12.1 Å². The van der Waals surface area contributed by atoms with Crippen LogP contribution in [-0.4, -0.2) is 20.2 Å². The van der Waals surface area contributed by atoms with E-state index in [-0.39, 0.29) is 5.82 Å². The van der Waals surface area contributed by atoms with E-state index in [0.29, 0.717) is 12.4 Å². The fraction of sp³-hybridized carbons (Fsp3) is 0.500. The van der Waals surface area contributed by atoms with Gasteiger partial charge in [-0.2, -0.15) is 0 Å². The van der Waals surface area contributed by atoms with E-state index >= 15 is 0 Å². The van der Waals surface area contributed by atoms with Crippen LogP contribution in [0.25, 0.3) is 0 Å². The summed E-state index contributed by atoms with van der Waals surface area (Å²) < 4.78 is 18.2. The van der Waals surface area contributed by atoms with Gasteiger partial charge in [0.05, 0.1) is 6.61 Å².